The fourth-order valence-electron chi connectivity index (χ4n) is 4.47. The minimum Gasteiger partial charge on any atom is -0.495 e. The number of nitrogens with zero attached hydrogens (tertiary/aromatic N) is 1. The van der Waals surface area contributed by atoms with Gasteiger partial charge in [-0.15, -0.1) is 0 Å². The minimum absolute atomic E-state index is 0.0315. The van der Waals surface area contributed by atoms with Gasteiger partial charge in [-0.3, -0.25) is 4.79 Å². The summed E-state index contributed by atoms with van der Waals surface area (Å²) < 4.78 is 11.4. The summed E-state index contributed by atoms with van der Waals surface area (Å²) in [6.07, 6.45) is 3.37. The molecule has 5 nitrogen and oxygen atoms in total. The SMILES string of the molecule is COc1cc(N2CCNC(C(=O)OC3C[C@H](C)CC[C@@H]3C(C)C)C2)ccc1Cl. The zero-order chi connectivity index (χ0) is 20.3. The molecule has 1 heterocycles. The van der Waals surface area contributed by atoms with Crippen molar-refractivity contribution < 1.29 is 14.3 Å². The lowest BCUT2D eigenvalue weighted by Crippen LogP contribution is -2.55. The van der Waals surface area contributed by atoms with Crippen molar-refractivity contribution in [2.45, 2.75) is 52.2 Å². The Morgan fingerprint density at radius 3 is 2.82 bits per heavy atom. The molecule has 28 heavy (non-hydrogen) atoms. The number of benzene rings is 1. The van der Waals surface area contributed by atoms with Crippen LogP contribution in [0.1, 0.15) is 40.0 Å². The number of anilines is 1. The Morgan fingerprint density at radius 2 is 2.11 bits per heavy atom. The van der Waals surface area contributed by atoms with Crippen molar-refractivity contribution in [3.63, 3.8) is 0 Å². The van der Waals surface area contributed by atoms with Crippen LogP contribution in [0.25, 0.3) is 0 Å². The van der Waals surface area contributed by atoms with E-state index in [1.54, 1.807) is 7.11 Å². The number of methoxy groups -OCH3 is 1. The molecule has 1 aliphatic heterocycles. The van der Waals surface area contributed by atoms with Crippen molar-refractivity contribution in [2.24, 2.45) is 17.8 Å². The van der Waals surface area contributed by atoms with E-state index >= 15 is 0 Å². The van der Waals surface area contributed by atoms with Gasteiger partial charge in [0.1, 0.15) is 17.9 Å². The normalized spacial score (nSPS) is 28.3. The van der Waals surface area contributed by atoms with Gasteiger partial charge in [-0.25, -0.2) is 0 Å². The number of halogens is 1. The first-order valence-corrected chi connectivity index (χ1v) is 10.8. The summed E-state index contributed by atoms with van der Waals surface area (Å²) in [6.45, 7) is 8.86. The van der Waals surface area contributed by atoms with Crippen LogP contribution in [0.4, 0.5) is 5.69 Å². The number of rotatable bonds is 5. The standard InChI is InChI=1S/C22H33ClN2O3/c1-14(2)17-7-5-15(3)11-20(17)28-22(26)19-13-25(10-9-24-19)16-6-8-18(23)21(12-16)27-4/h6,8,12,14-15,17,19-20,24H,5,7,9-11,13H2,1-4H3/t15-,17-,19?,20?/m1/s1. The Bertz CT molecular complexity index is 682. The Morgan fingerprint density at radius 1 is 1.32 bits per heavy atom. The molecule has 2 unspecified atom stereocenters. The molecule has 1 aromatic rings. The van der Waals surface area contributed by atoms with Gasteiger partial charge in [0.25, 0.3) is 0 Å². The molecule has 1 aromatic carbocycles. The molecular weight excluding hydrogens is 376 g/mol. The quantitative estimate of drug-likeness (QED) is 0.742. The van der Waals surface area contributed by atoms with Crippen LogP contribution in [0.15, 0.2) is 18.2 Å². The third-order valence-corrected chi connectivity index (χ3v) is 6.50. The summed E-state index contributed by atoms with van der Waals surface area (Å²) in [5.74, 6) is 2.12. The lowest BCUT2D eigenvalue weighted by Gasteiger charge is -2.39. The molecule has 1 N–H and O–H groups in total. The van der Waals surface area contributed by atoms with Gasteiger partial charge in [-0.1, -0.05) is 38.8 Å². The van der Waals surface area contributed by atoms with E-state index in [2.05, 4.69) is 31.0 Å². The maximum atomic E-state index is 12.9. The smallest absolute Gasteiger partial charge is 0.325 e. The van der Waals surface area contributed by atoms with Crippen LogP contribution in [-0.2, 0) is 9.53 Å². The van der Waals surface area contributed by atoms with E-state index in [4.69, 9.17) is 21.1 Å². The summed E-state index contributed by atoms with van der Waals surface area (Å²) in [4.78, 5) is 15.1. The molecule has 0 spiro atoms. The fourth-order valence-corrected chi connectivity index (χ4v) is 4.66. The summed E-state index contributed by atoms with van der Waals surface area (Å²) in [6, 6.07) is 5.41. The second-order valence-electron chi connectivity index (χ2n) is 8.57. The van der Waals surface area contributed by atoms with Gasteiger partial charge in [0.15, 0.2) is 0 Å². The lowest BCUT2D eigenvalue weighted by atomic mass is 9.75. The van der Waals surface area contributed by atoms with Crippen LogP contribution in [0.3, 0.4) is 0 Å². The molecule has 1 aliphatic carbocycles. The molecule has 3 rings (SSSR count). The highest BCUT2D eigenvalue weighted by Gasteiger charge is 2.36. The zero-order valence-electron chi connectivity index (χ0n) is 17.4. The van der Waals surface area contributed by atoms with Crippen molar-refractivity contribution in [1.82, 2.24) is 5.32 Å². The number of nitrogens with one attached hydrogen (secondary N) is 1. The van der Waals surface area contributed by atoms with Gasteiger partial charge in [-0.05, 0) is 42.7 Å². The molecule has 1 saturated heterocycles. The molecule has 1 saturated carbocycles. The van der Waals surface area contributed by atoms with Crippen LogP contribution in [-0.4, -0.2) is 44.9 Å². The lowest BCUT2D eigenvalue weighted by molar-refractivity contribution is -0.158. The van der Waals surface area contributed by atoms with Gasteiger partial charge >= 0.3 is 5.97 Å². The third kappa shape index (κ3) is 4.93. The van der Waals surface area contributed by atoms with Crippen LogP contribution in [0.5, 0.6) is 5.75 Å². The highest BCUT2D eigenvalue weighted by molar-refractivity contribution is 6.32. The fraction of sp³-hybridized carbons (Fsp3) is 0.682. The van der Waals surface area contributed by atoms with Crippen LogP contribution < -0.4 is 15.0 Å². The molecule has 0 bridgehead atoms. The Labute approximate surface area is 173 Å². The molecule has 4 atom stereocenters. The van der Waals surface area contributed by atoms with Crippen molar-refractivity contribution in [3.05, 3.63) is 23.2 Å². The zero-order valence-corrected chi connectivity index (χ0v) is 18.2. The van der Waals surface area contributed by atoms with Gasteiger partial charge in [0.2, 0.25) is 0 Å². The Hall–Kier alpha value is -1.46. The Balaban J connectivity index is 1.65. The maximum Gasteiger partial charge on any atom is 0.325 e. The molecular formula is C22H33ClN2O3. The van der Waals surface area contributed by atoms with E-state index in [-0.39, 0.29) is 18.1 Å². The molecule has 0 aromatic heterocycles. The molecule has 0 radical (unpaired) electrons. The second kappa shape index (κ2) is 9.36. The van der Waals surface area contributed by atoms with Crippen molar-refractivity contribution in [3.8, 4) is 5.75 Å². The van der Waals surface area contributed by atoms with Crippen molar-refractivity contribution in [1.29, 1.82) is 0 Å². The topological polar surface area (TPSA) is 50.8 Å². The first-order valence-electron chi connectivity index (χ1n) is 10.4. The summed E-state index contributed by atoms with van der Waals surface area (Å²) in [7, 11) is 1.61. The van der Waals surface area contributed by atoms with Crippen molar-refractivity contribution in [2.75, 3.05) is 31.6 Å². The molecule has 2 fully saturated rings. The summed E-state index contributed by atoms with van der Waals surface area (Å²) in [5, 5.41) is 3.92. The van der Waals surface area contributed by atoms with Gasteiger partial charge in [-0.2, -0.15) is 0 Å². The number of piperazine rings is 1. The highest BCUT2D eigenvalue weighted by atomic mass is 35.5. The van der Waals surface area contributed by atoms with E-state index in [1.807, 2.05) is 18.2 Å². The first kappa shape index (κ1) is 21.3. The minimum atomic E-state index is -0.319. The molecule has 0 amide bonds. The second-order valence-corrected chi connectivity index (χ2v) is 8.98. The first-order chi connectivity index (χ1) is 13.4. The number of hydrogen-bond donors (Lipinski definition) is 1. The van der Waals surface area contributed by atoms with Crippen LogP contribution in [0, 0.1) is 17.8 Å². The highest BCUT2D eigenvalue weighted by Crippen LogP contribution is 2.35. The molecule has 6 heteroatoms. The summed E-state index contributed by atoms with van der Waals surface area (Å²) >= 11 is 6.14. The van der Waals surface area contributed by atoms with E-state index in [9.17, 15) is 4.79 Å². The van der Waals surface area contributed by atoms with E-state index < -0.39 is 0 Å². The number of ether oxygens (including phenoxy) is 2. The predicted octanol–water partition coefficient (Wildman–Crippen LogP) is 4.13. The van der Waals surface area contributed by atoms with Crippen LogP contribution >= 0.6 is 11.6 Å². The number of esters is 1. The third-order valence-electron chi connectivity index (χ3n) is 6.19. The number of carbonyl (C=O) groups is 1. The molecule has 2 aliphatic rings. The maximum absolute atomic E-state index is 12.9. The number of hydrogen-bond acceptors (Lipinski definition) is 5. The average molecular weight is 409 g/mol. The van der Waals surface area contributed by atoms with Crippen molar-refractivity contribution >= 4 is 23.3 Å². The van der Waals surface area contributed by atoms with Crippen LogP contribution in [0.2, 0.25) is 5.02 Å². The summed E-state index contributed by atoms with van der Waals surface area (Å²) in [5.41, 5.74) is 1.01. The van der Waals surface area contributed by atoms with E-state index in [1.165, 1.54) is 6.42 Å². The van der Waals surface area contributed by atoms with Gasteiger partial charge in [0, 0.05) is 31.4 Å². The number of carbonyl (C=O) groups excluding carboxylic acids is 1. The van der Waals surface area contributed by atoms with E-state index in [0.717, 1.165) is 31.6 Å². The van der Waals surface area contributed by atoms with Gasteiger partial charge in [0.05, 0.1) is 12.1 Å². The largest absolute Gasteiger partial charge is 0.495 e. The monoisotopic (exact) mass is 408 g/mol. The predicted molar refractivity (Wildman–Crippen MR) is 113 cm³/mol. The van der Waals surface area contributed by atoms with Gasteiger partial charge < -0.3 is 19.7 Å². The molecule has 156 valence electrons. The van der Waals surface area contributed by atoms with E-state index in [0.29, 0.717) is 35.1 Å². The average Bonchev–Trinajstić information content (AvgIpc) is 2.68. The Kier molecular flexibility index (Phi) is 7.10.